The second-order valence-electron chi connectivity index (χ2n) is 6.39. The van der Waals surface area contributed by atoms with E-state index in [0.717, 1.165) is 5.75 Å². The van der Waals surface area contributed by atoms with Gasteiger partial charge in [0.15, 0.2) is 11.5 Å². The van der Waals surface area contributed by atoms with Gasteiger partial charge in [-0.25, -0.2) is 5.43 Å². The molecular formula is C21H26N2O5. The minimum Gasteiger partial charge on any atom is -0.493 e. The molecule has 0 fully saturated rings. The molecule has 0 saturated heterocycles. The highest BCUT2D eigenvalue weighted by molar-refractivity contribution is 5.95. The summed E-state index contributed by atoms with van der Waals surface area (Å²) >= 11 is 0. The first-order valence-electron chi connectivity index (χ1n) is 8.84. The molecule has 2 rings (SSSR count). The summed E-state index contributed by atoms with van der Waals surface area (Å²) in [5.41, 5.74) is 3.67. The van der Waals surface area contributed by atoms with Crippen molar-refractivity contribution < 1.29 is 23.7 Å². The number of hydrogen-bond acceptors (Lipinski definition) is 6. The van der Waals surface area contributed by atoms with Gasteiger partial charge in [0.2, 0.25) is 5.75 Å². The molecule has 0 aliphatic rings. The monoisotopic (exact) mass is 386 g/mol. The van der Waals surface area contributed by atoms with E-state index in [2.05, 4.69) is 24.4 Å². The van der Waals surface area contributed by atoms with Crippen LogP contribution in [0.2, 0.25) is 0 Å². The lowest BCUT2D eigenvalue weighted by Gasteiger charge is -2.12. The van der Waals surface area contributed by atoms with E-state index in [4.69, 9.17) is 18.9 Å². The predicted octanol–water partition coefficient (Wildman–Crippen LogP) is 3.51. The molecule has 1 amide bonds. The molecule has 2 aromatic rings. The summed E-state index contributed by atoms with van der Waals surface area (Å²) in [6, 6.07) is 10.4. The Hall–Kier alpha value is -3.22. The first-order chi connectivity index (χ1) is 13.5. The van der Waals surface area contributed by atoms with Crippen molar-refractivity contribution in [1.29, 1.82) is 0 Å². The van der Waals surface area contributed by atoms with E-state index in [1.165, 1.54) is 27.5 Å². The summed E-state index contributed by atoms with van der Waals surface area (Å²) in [6.45, 7) is 4.78. The van der Waals surface area contributed by atoms with Crippen LogP contribution >= 0.6 is 0 Å². The van der Waals surface area contributed by atoms with Gasteiger partial charge < -0.3 is 18.9 Å². The van der Waals surface area contributed by atoms with Crippen molar-refractivity contribution in [2.75, 3.05) is 27.9 Å². The van der Waals surface area contributed by atoms with E-state index in [-0.39, 0.29) is 5.91 Å². The molecule has 28 heavy (non-hydrogen) atoms. The van der Waals surface area contributed by atoms with Crippen molar-refractivity contribution in [2.24, 2.45) is 11.0 Å². The van der Waals surface area contributed by atoms with Crippen LogP contribution in [0.1, 0.15) is 29.8 Å². The van der Waals surface area contributed by atoms with E-state index in [0.29, 0.717) is 40.9 Å². The van der Waals surface area contributed by atoms with Gasteiger partial charge >= 0.3 is 0 Å². The van der Waals surface area contributed by atoms with E-state index in [9.17, 15) is 4.79 Å². The van der Waals surface area contributed by atoms with Crippen LogP contribution in [-0.2, 0) is 0 Å². The fraction of sp³-hybridized carbons (Fsp3) is 0.333. The number of benzene rings is 2. The van der Waals surface area contributed by atoms with Crippen LogP contribution in [0.5, 0.6) is 23.0 Å². The fourth-order valence-corrected chi connectivity index (χ4v) is 2.37. The third-order valence-electron chi connectivity index (χ3n) is 3.77. The lowest BCUT2D eigenvalue weighted by atomic mass is 10.2. The number of methoxy groups -OCH3 is 3. The zero-order chi connectivity index (χ0) is 20.5. The molecule has 0 bridgehead atoms. The molecule has 2 aromatic carbocycles. The van der Waals surface area contributed by atoms with Crippen LogP contribution < -0.4 is 24.4 Å². The van der Waals surface area contributed by atoms with Crippen molar-refractivity contribution in [3.63, 3.8) is 0 Å². The summed E-state index contributed by atoms with van der Waals surface area (Å²) in [7, 11) is 4.61. The minimum absolute atomic E-state index is 0.320. The summed E-state index contributed by atoms with van der Waals surface area (Å²) < 4.78 is 21.5. The van der Waals surface area contributed by atoms with Crippen molar-refractivity contribution in [3.05, 3.63) is 47.5 Å². The predicted molar refractivity (Wildman–Crippen MR) is 108 cm³/mol. The van der Waals surface area contributed by atoms with Crippen LogP contribution in [0.3, 0.4) is 0 Å². The summed E-state index contributed by atoms with van der Waals surface area (Å²) in [5.74, 6) is 2.35. The Morgan fingerprint density at radius 3 is 2.14 bits per heavy atom. The quantitative estimate of drug-likeness (QED) is 0.527. The molecule has 0 saturated carbocycles. The Kier molecular flexibility index (Phi) is 7.68. The van der Waals surface area contributed by atoms with E-state index >= 15 is 0 Å². The van der Waals surface area contributed by atoms with Gasteiger partial charge in [0.25, 0.3) is 5.91 Å². The third-order valence-corrected chi connectivity index (χ3v) is 3.77. The number of amides is 1. The van der Waals surface area contributed by atoms with Crippen LogP contribution in [0, 0.1) is 5.92 Å². The second-order valence-corrected chi connectivity index (χ2v) is 6.39. The first kappa shape index (κ1) is 21.1. The minimum atomic E-state index is -0.320. The highest BCUT2D eigenvalue weighted by Gasteiger charge is 2.12. The van der Waals surface area contributed by atoms with Crippen molar-refractivity contribution in [1.82, 2.24) is 5.43 Å². The number of nitrogens with one attached hydrogen (secondary N) is 1. The SMILES string of the molecule is COc1cc(C=NNC(=O)c2ccc(OCC(C)C)cc2)cc(OC)c1OC. The molecule has 150 valence electrons. The van der Waals surface area contributed by atoms with Crippen LogP contribution in [0.25, 0.3) is 0 Å². The summed E-state index contributed by atoms with van der Waals surface area (Å²) in [6.07, 6.45) is 1.50. The van der Waals surface area contributed by atoms with Gasteiger partial charge in [-0.05, 0) is 42.3 Å². The molecule has 7 nitrogen and oxygen atoms in total. The highest BCUT2D eigenvalue weighted by atomic mass is 16.5. The number of carbonyl (C=O) groups excluding carboxylic acids is 1. The van der Waals surface area contributed by atoms with Gasteiger partial charge in [0.1, 0.15) is 5.75 Å². The van der Waals surface area contributed by atoms with Crippen LogP contribution in [0.15, 0.2) is 41.5 Å². The van der Waals surface area contributed by atoms with Crippen LogP contribution in [0.4, 0.5) is 0 Å². The largest absolute Gasteiger partial charge is 0.493 e. The van der Waals surface area contributed by atoms with E-state index in [1.807, 2.05) is 0 Å². The molecule has 0 spiro atoms. The third kappa shape index (κ3) is 5.64. The number of hydrogen-bond donors (Lipinski definition) is 1. The number of rotatable bonds is 9. The molecule has 0 unspecified atom stereocenters. The van der Waals surface area contributed by atoms with Crippen molar-refractivity contribution >= 4 is 12.1 Å². The maximum atomic E-state index is 12.2. The fourth-order valence-electron chi connectivity index (χ4n) is 2.37. The Morgan fingerprint density at radius 1 is 1.04 bits per heavy atom. The van der Waals surface area contributed by atoms with Gasteiger partial charge in [-0.3, -0.25) is 4.79 Å². The zero-order valence-electron chi connectivity index (χ0n) is 16.8. The Morgan fingerprint density at radius 2 is 1.64 bits per heavy atom. The Labute approximate surface area is 165 Å². The van der Waals surface area contributed by atoms with Gasteiger partial charge in [-0.15, -0.1) is 0 Å². The normalized spacial score (nSPS) is 10.8. The lowest BCUT2D eigenvalue weighted by molar-refractivity contribution is 0.0955. The molecule has 0 heterocycles. The summed E-state index contributed by atoms with van der Waals surface area (Å²) in [5, 5.41) is 4.00. The molecule has 0 aliphatic heterocycles. The van der Waals surface area contributed by atoms with Crippen molar-refractivity contribution in [3.8, 4) is 23.0 Å². The number of hydrazone groups is 1. The van der Waals surface area contributed by atoms with E-state index < -0.39 is 0 Å². The maximum absolute atomic E-state index is 12.2. The average Bonchev–Trinajstić information content (AvgIpc) is 2.71. The number of ether oxygens (including phenoxy) is 4. The van der Waals surface area contributed by atoms with Gasteiger partial charge in [-0.2, -0.15) is 5.10 Å². The topological polar surface area (TPSA) is 78.4 Å². The average molecular weight is 386 g/mol. The Balaban J connectivity index is 2.03. The van der Waals surface area contributed by atoms with E-state index in [1.54, 1.807) is 36.4 Å². The van der Waals surface area contributed by atoms with Gasteiger partial charge in [-0.1, -0.05) is 13.8 Å². The van der Waals surface area contributed by atoms with Crippen LogP contribution in [-0.4, -0.2) is 40.1 Å². The molecule has 0 radical (unpaired) electrons. The smallest absolute Gasteiger partial charge is 0.271 e. The van der Waals surface area contributed by atoms with Gasteiger partial charge in [0.05, 0.1) is 34.2 Å². The maximum Gasteiger partial charge on any atom is 0.271 e. The molecule has 0 aromatic heterocycles. The summed E-state index contributed by atoms with van der Waals surface area (Å²) in [4.78, 5) is 12.2. The second kappa shape index (κ2) is 10.2. The van der Waals surface area contributed by atoms with Crippen molar-refractivity contribution in [2.45, 2.75) is 13.8 Å². The molecular weight excluding hydrogens is 360 g/mol. The molecule has 1 N–H and O–H groups in total. The molecule has 0 atom stereocenters. The Bertz CT molecular complexity index is 791. The zero-order valence-corrected chi connectivity index (χ0v) is 16.8. The standard InChI is InChI=1S/C21H26N2O5/c1-14(2)13-28-17-8-6-16(7-9-17)21(24)23-22-12-15-10-18(25-3)20(27-5)19(11-15)26-4/h6-12,14H,13H2,1-5H3,(H,23,24). The van der Waals surface area contributed by atoms with Gasteiger partial charge in [0, 0.05) is 11.1 Å². The number of carbonyl (C=O) groups is 1. The lowest BCUT2D eigenvalue weighted by Crippen LogP contribution is -2.17. The first-order valence-corrected chi connectivity index (χ1v) is 8.84. The number of nitrogens with zero attached hydrogens (tertiary/aromatic N) is 1. The highest BCUT2D eigenvalue weighted by Crippen LogP contribution is 2.37. The molecule has 7 heteroatoms. The molecule has 0 aliphatic carbocycles.